The summed E-state index contributed by atoms with van der Waals surface area (Å²) in [7, 11) is 3.29. The summed E-state index contributed by atoms with van der Waals surface area (Å²) >= 11 is 4.11. The van der Waals surface area contributed by atoms with E-state index < -0.39 is 0 Å². The van der Waals surface area contributed by atoms with E-state index in [4.69, 9.17) is 9.47 Å². The Kier molecular flexibility index (Phi) is 4.40. The third kappa shape index (κ3) is 2.45. The molecule has 0 aromatic heterocycles. The van der Waals surface area contributed by atoms with Crippen LogP contribution in [0.4, 0.5) is 0 Å². The van der Waals surface area contributed by atoms with E-state index in [0.717, 1.165) is 17.1 Å². The maximum Gasteiger partial charge on any atom is 0.129 e. The minimum absolute atomic E-state index is 0.696. The van der Waals surface area contributed by atoms with E-state index in [9.17, 15) is 0 Å². The number of hydrogen-bond acceptors (Lipinski definition) is 3. The van der Waals surface area contributed by atoms with Gasteiger partial charge in [-0.2, -0.15) is 12.6 Å². The average Bonchev–Trinajstić information content (AvgIpc) is 2.25. The van der Waals surface area contributed by atoms with Crippen molar-refractivity contribution in [1.29, 1.82) is 0 Å². The zero-order chi connectivity index (χ0) is 10.4. The van der Waals surface area contributed by atoms with Crippen LogP contribution in [0.2, 0.25) is 0 Å². The number of hydrogen-bond donors (Lipinski definition) is 1. The van der Waals surface area contributed by atoms with Gasteiger partial charge >= 0.3 is 0 Å². The van der Waals surface area contributed by atoms with Gasteiger partial charge in [-0.05, 0) is 12.1 Å². The summed E-state index contributed by atoms with van der Waals surface area (Å²) in [4.78, 5) is 0. The molecule has 2 nitrogen and oxygen atoms in total. The minimum atomic E-state index is 0.696. The van der Waals surface area contributed by atoms with E-state index >= 15 is 0 Å². The first-order valence-corrected chi connectivity index (χ1v) is 4.95. The van der Waals surface area contributed by atoms with E-state index in [-0.39, 0.29) is 0 Å². The number of thiol groups is 1. The third-order valence-corrected chi connectivity index (χ3v) is 2.07. The fourth-order valence-electron chi connectivity index (χ4n) is 1.21. The van der Waals surface area contributed by atoms with Crippen LogP contribution in [-0.4, -0.2) is 20.0 Å². The zero-order valence-corrected chi connectivity index (χ0v) is 9.25. The fraction of sp³-hybridized carbons (Fsp3) is 0.273. The first kappa shape index (κ1) is 11.0. The Morgan fingerprint density at radius 3 is 2.21 bits per heavy atom. The average molecular weight is 210 g/mol. The second kappa shape index (κ2) is 5.60. The second-order valence-corrected chi connectivity index (χ2v) is 3.03. The lowest BCUT2D eigenvalue weighted by Crippen LogP contribution is -1.91. The minimum Gasteiger partial charge on any atom is -0.496 e. The van der Waals surface area contributed by atoms with Crippen molar-refractivity contribution in [1.82, 2.24) is 0 Å². The Morgan fingerprint density at radius 2 is 1.79 bits per heavy atom. The third-order valence-electron chi connectivity index (χ3n) is 1.86. The Hall–Kier alpha value is -1.09. The standard InChI is InChI=1S/C11H14O2S/c1-12-10-6-3-7-11(13-2)9(10)5-4-8-14/h3-7,14H,8H2,1-2H3. The SMILES string of the molecule is COc1cccc(OC)c1C=CCS. The van der Waals surface area contributed by atoms with Crippen LogP contribution in [0.3, 0.4) is 0 Å². The summed E-state index contributed by atoms with van der Waals surface area (Å²) in [5.74, 6) is 2.31. The molecule has 1 aromatic rings. The highest BCUT2D eigenvalue weighted by molar-refractivity contribution is 7.80. The lowest BCUT2D eigenvalue weighted by atomic mass is 10.1. The van der Waals surface area contributed by atoms with Crippen LogP contribution < -0.4 is 9.47 Å². The van der Waals surface area contributed by atoms with Crippen molar-refractivity contribution in [2.45, 2.75) is 0 Å². The molecule has 1 rings (SSSR count). The van der Waals surface area contributed by atoms with Gasteiger partial charge in [-0.25, -0.2) is 0 Å². The van der Waals surface area contributed by atoms with E-state index in [1.54, 1.807) is 14.2 Å². The molecule has 14 heavy (non-hydrogen) atoms. The molecule has 3 heteroatoms. The van der Waals surface area contributed by atoms with Gasteiger partial charge in [0, 0.05) is 5.75 Å². The molecule has 0 unspecified atom stereocenters. The van der Waals surface area contributed by atoms with Gasteiger partial charge in [0.15, 0.2) is 0 Å². The Balaban J connectivity index is 3.12. The zero-order valence-electron chi connectivity index (χ0n) is 8.36. The molecule has 0 N–H and O–H groups in total. The van der Waals surface area contributed by atoms with Crippen LogP contribution in [0.15, 0.2) is 24.3 Å². The molecule has 0 saturated carbocycles. The molecule has 0 radical (unpaired) electrons. The molecule has 0 aliphatic heterocycles. The van der Waals surface area contributed by atoms with Gasteiger partial charge in [0.05, 0.1) is 19.8 Å². The monoisotopic (exact) mass is 210 g/mol. The summed E-state index contributed by atoms with van der Waals surface area (Å²) in [6, 6.07) is 5.71. The molecule has 0 aliphatic rings. The number of benzene rings is 1. The molecule has 0 bridgehead atoms. The topological polar surface area (TPSA) is 18.5 Å². The predicted molar refractivity (Wildman–Crippen MR) is 62.4 cm³/mol. The Morgan fingerprint density at radius 1 is 1.21 bits per heavy atom. The van der Waals surface area contributed by atoms with Crippen molar-refractivity contribution in [3.8, 4) is 11.5 Å². The summed E-state index contributed by atoms with van der Waals surface area (Å²) in [6.07, 6.45) is 3.90. The summed E-state index contributed by atoms with van der Waals surface area (Å²) < 4.78 is 10.5. The molecule has 0 spiro atoms. The molecule has 76 valence electrons. The molecular weight excluding hydrogens is 196 g/mol. The van der Waals surface area contributed by atoms with E-state index in [1.165, 1.54) is 0 Å². The van der Waals surface area contributed by atoms with Crippen LogP contribution in [0.5, 0.6) is 11.5 Å². The smallest absolute Gasteiger partial charge is 0.129 e. The summed E-state index contributed by atoms with van der Waals surface area (Å²) in [5, 5.41) is 0. The molecule has 1 aromatic carbocycles. The number of methoxy groups -OCH3 is 2. The highest BCUT2D eigenvalue weighted by Gasteiger charge is 2.05. The van der Waals surface area contributed by atoms with Crippen molar-refractivity contribution in [3.63, 3.8) is 0 Å². The number of rotatable bonds is 4. The van der Waals surface area contributed by atoms with E-state index in [1.807, 2.05) is 30.4 Å². The first-order chi connectivity index (χ1) is 6.83. The normalized spacial score (nSPS) is 10.5. The lowest BCUT2D eigenvalue weighted by Gasteiger charge is -2.09. The largest absolute Gasteiger partial charge is 0.496 e. The summed E-state index contributed by atoms with van der Waals surface area (Å²) in [6.45, 7) is 0. The quantitative estimate of drug-likeness (QED) is 0.770. The fourth-order valence-corrected chi connectivity index (χ4v) is 1.32. The van der Waals surface area contributed by atoms with Crippen LogP contribution in [0.1, 0.15) is 5.56 Å². The van der Waals surface area contributed by atoms with Gasteiger partial charge in [-0.15, -0.1) is 0 Å². The van der Waals surface area contributed by atoms with Gasteiger partial charge in [-0.3, -0.25) is 0 Å². The molecule has 0 atom stereocenters. The molecule has 0 amide bonds. The van der Waals surface area contributed by atoms with Gasteiger partial charge in [0.1, 0.15) is 11.5 Å². The van der Waals surface area contributed by atoms with Crippen LogP contribution >= 0.6 is 12.6 Å². The Bertz CT molecular complexity index is 299. The first-order valence-electron chi connectivity index (χ1n) is 4.32. The van der Waals surface area contributed by atoms with Crippen molar-refractivity contribution in [2.75, 3.05) is 20.0 Å². The number of ether oxygens (including phenoxy) is 2. The maximum atomic E-state index is 5.23. The van der Waals surface area contributed by atoms with Crippen LogP contribution in [0.25, 0.3) is 6.08 Å². The van der Waals surface area contributed by atoms with Crippen molar-refractivity contribution < 1.29 is 9.47 Å². The van der Waals surface area contributed by atoms with Crippen molar-refractivity contribution in [3.05, 3.63) is 29.8 Å². The second-order valence-electron chi connectivity index (χ2n) is 2.66. The lowest BCUT2D eigenvalue weighted by molar-refractivity contribution is 0.392. The van der Waals surface area contributed by atoms with Gasteiger partial charge in [0.2, 0.25) is 0 Å². The van der Waals surface area contributed by atoms with Gasteiger partial charge in [-0.1, -0.05) is 18.2 Å². The molecule has 0 fully saturated rings. The van der Waals surface area contributed by atoms with Crippen LogP contribution in [-0.2, 0) is 0 Å². The highest BCUT2D eigenvalue weighted by atomic mass is 32.1. The molecule has 0 aliphatic carbocycles. The molecule has 0 heterocycles. The van der Waals surface area contributed by atoms with Crippen LogP contribution in [0, 0.1) is 0 Å². The maximum absolute atomic E-state index is 5.23. The molecular formula is C11H14O2S. The summed E-state index contributed by atoms with van der Waals surface area (Å²) in [5.41, 5.74) is 0.951. The Labute approximate surface area is 89.9 Å². The van der Waals surface area contributed by atoms with Gasteiger partial charge < -0.3 is 9.47 Å². The highest BCUT2D eigenvalue weighted by Crippen LogP contribution is 2.29. The van der Waals surface area contributed by atoms with E-state index in [0.29, 0.717) is 5.75 Å². The van der Waals surface area contributed by atoms with Crippen molar-refractivity contribution >= 4 is 18.7 Å². The van der Waals surface area contributed by atoms with Crippen molar-refractivity contribution in [2.24, 2.45) is 0 Å². The molecule has 0 saturated heterocycles. The predicted octanol–water partition coefficient (Wildman–Crippen LogP) is 2.65. The van der Waals surface area contributed by atoms with E-state index in [2.05, 4.69) is 12.6 Å². The van der Waals surface area contributed by atoms with Gasteiger partial charge in [0.25, 0.3) is 0 Å².